The van der Waals surface area contributed by atoms with E-state index in [2.05, 4.69) is 0 Å². The molecule has 0 amide bonds. The predicted molar refractivity (Wildman–Crippen MR) is 58.6 cm³/mol. The van der Waals surface area contributed by atoms with Crippen LogP contribution in [0, 0.1) is 0 Å². The third-order valence-corrected chi connectivity index (χ3v) is 3.44. The Balaban J connectivity index is 2.34. The zero-order valence-electron chi connectivity index (χ0n) is 8.18. The van der Waals surface area contributed by atoms with Crippen molar-refractivity contribution in [3.8, 4) is 0 Å². The molecule has 15 heavy (non-hydrogen) atoms. The summed E-state index contributed by atoms with van der Waals surface area (Å²) < 4.78 is 4.96. The third-order valence-electron chi connectivity index (χ3n) is 2.36. The summed E-state index contributed by atoms with van der Waals surface area (Å²) in [5.74, 6) is 0.551. The van der Waals surface area contributed by atoms with Gasteiger partial charge in [0, 0.05) is 11.5 Å². The summed E-state index contributed by atoms with van der Waals surface area (Å²) in [6, 6.07) is 8.94. The lowest BCUT2D eigenvalue weighted by molar-refractivity contribution is -0.162. The van der Waals surface area contributed by atoms with E-state index < -0.39 is 11.6 Å². The van der Waals surface area contributed by atoms with Crippen molar-refractivity contribution >= 4 is 17.7 Å². The monoisotopic (exact) mass is 224 g/mol. The molecule has 2 rings (SSSR count). The van der Waals surface area contributed by atoms with Crippen LogP contribution in [0.4, 0.5) is 0 Å². The lowest BCUT2D eigenvalue weighted by Crippen LogP contribution is -2.38. The Morgan fingerprint density at radius 3 is 2.80 bits per heavy atom. The Kier molecular flexibility index (Phi) is 2.98. The van der Waals surface area contributed by atoms with Gasteiger partial charge in [-0.1, -0.05) is 30.3 Å². The molecule has 0 spiro atoms. The second-order valence-corrected chi connectivity index (χ2v) is 4.52. The molecule has 1 atom stereocenters. The van der Waals surface area contributed by atoms with Crippen molar-refractivity contribution in [2.24, 2.45) is 0 Å². The molecule has 0 saturated carbocycles. The molecule has 1 N–H and O–H groups in total. The van der Waals surface area contributed by atoms with Gasteiger partial charge >= 0.3 is 5.97 Å². The molecule has 1 saturated heterocycles. The first-order valence-electron chi connectivity index (χ1n) is 4.76. The SMILES string of the molecule is O=C1OCCSCC1(O)c1ccccc1. The molecule has 0 radical (unpaired) electrons. The minimum Gasteiger partial charge on any atom is -0.462 e. The van der Waals surface area contributed by atoms with E-state index >= 15 is 0 Å². The Bertz CT molecular complexity index is 352. The number of thioether (sulfide) groups is 1. The number of ether oxygens (including phenoxy) is 1. The summed E-state index contributed by atoms with van der Waals surface area (Å²) in [7, 11) is 0. The van der Waals surface area contributed by atoms with Crippen LogP contribution in [0.3, 0.4) is 0 Å². The van der Waals surface area contributed by atoms with Gasteiger partial charge in [0.2, 0.25) is 0 Å². The highest BCUT2D eigenvalue weighted by molar-refractivity contribution is 7.99. The normalized spacial score (nSPS) is 26.9. The second-order valence-electron chi connectivity index (χ2n) is 3.41. The summed E-state index contributed by atoms with van der Waals surface area (Å²) in [6.45, 7) is 0.374. The van der Waals surface area contributed by atoms with Crippen molar-refractivity contribution in [3.63, 3.8) is 0 Å². The van der Waals surface area contributed by atoms with E-state index in [1.807, 2.05) is 6.07 Å². The number of hydrogen-bond donors (Lipinski definition) is 1. The average Bonchev–Trinajstić information content (AvgIpc) is 2.44. The number of rotatable bonds is 1. The van der Waals surface area contributed by atoms with Gasteiger partial charge in [0.05, 0.1) is 0 Å². The van der Waals surface area contributed by atoms with Crippen LogP contribution in [0.5, 0.6) is 0 Å². The largest absolute Gasteiger partial charge is 0.462 e. The fraction of sp³-hybridized carbons (Fsp3) is 0.364. The van der Waals surface area contributed by atoms with Crippen molar-refractivity contribution < 1.29 is 14.6 Å². The summed E-state index contributed by atoms with van der Waals surface area (Å²) in [6.07, 6.45) is 0. The first kappa shape index (κ1) is 10.5. The highest BCUT2D eigenvalue weighted by Gasteiger charge is 2.40. The smallest absolute Gasteiger partial charge is 0.343 e. The number of cyclic esters (lactones) is 1. The maximum Gasteiger partial charge on any atom is 0.343 e. The minimum atomic E-state index is -1.48. The fourth-order valence-corrected chi connectivity index (χ4v) is 2.43. The maximum atomic E-state index is 11.7. The van der Waals surface area contributed by atoms with Crippen molar-refractivity contribution in [2.45, 2.75) is 5.60 Å². The van der Waals surface area contributed by atoms with Gasteiger partial charge in [0.1, 0.15) is 6.61 Å². The summed E-state index contributed by atoms with van der Waals surface area (Å²) >= 11 is 1.53. The zero-order chi connectivity index (χ0) is 10.7. The van der Waals surface area contributed by atoms with Gasteiger partial charge in [-0.2, -0.15) is 11.8 Å². The van der Waals surface area contributed by atoms with E-state index in [0.29, 0.717) is 17.9 Å². The maximum absolute atomic E-state index is 11.7. The lowest BCUT2D eigenvalue weighted by Gasteiger charge is -2.23. The van der Waals surface area contributed by atoms with Crippen LogP contribution >= 0.6 is 11.8 Å². The molecule has 80 valence electrons. The van der Waals surface area contributed by atoms with Crippen molar-refractivity contribution in [1.82, 2.24) is 0 Å². The van der Waals surface area contributed by atoms with Crippen molar-refractivity contribution in [3.05, 3.63) is 35.9 Å². The number of hydrogen-bond acceptors (Lipinski definition) is 4. The van der Waals surface area contributed by atoms with E-state index in [9.17, 15) is 9.90 Å². The zero-order valence-corrected chi connectivity index (χ0v) is 9.00. The average molecular weight is 224 g/mol. The van der Waals surface area contributed by atoms with E-state index in [1.165, 1.54) is 11.8 Å². The molecule has 1 heterocycles. The van der Waals surface area contributed by atoms with Crippen LogP contribution in [-0.4, -0.2) is 29.2 Å². The Morgan fingerprint density at radius 2 is 2.07 bits per heavy atom. The van der Waals surface area contributed by atoms with E-state index in [-0.39, 0.29) is 0 Å². The molecule has 1 unspecified atom stereocenters. The Morgan fingerprint density at radius 1 is 1.33 bits per heavy atom. The highest BCUT2D eigenvalue weighted by atomic mass is 32.2. The Hall–Kier alpha value is -1.00. The number of carbonyl (C=O) groups excluding carboxylic acids is 1. The number of aliphatic hydroxyl groups is 1. The van der Waals surface area contributed by atoms with Crippen molar-refractivity contribution in [1.29, 1.82) is 0 Å². The molecule has 4 heteroatoms. The van der Waals surface area contributed by atoms with Gasteiger partial charge in [-0.3, -0.25) is 0 Å². The quantitative estimate of drug-likeness (QED) is 0.727. The van der Waals surface area contributed by atoms with Gasteiger partial charge in [0.25, 0.3) is 0 Å². The van der Waals surface area contributed by atoms with Gasteiger partial charge < -0.3 is 9.84 Å². The van der Waals surface area contributed by atoms with Crippen LogP contribution in [0.15, 0.2) is 30.3 Å². The second kappa shape index (κ2) is 4.24. The van der Waals surface area contributed by atoms with E-state index in [0.717, 1.165) is 5.75 Å². The fourth-order valence-electron chi connectivity index (χ4n) is 1.51. The number of carbonyl (C=O) groups is 1. The molecule has 0 aliphatic carbocycles. The van der Waals surface area contributed by atoms with Crippen LogP contribution in [-0.2, 0) is 15.1 Å². The molecule has 0 aromatic heterocycles. The topological polar surface area (TPSA) is 46.5 Å². The van der Waals surface area contributed by atoms with Crippen LogP contribution in [0.1, 0.15) is 5.56 Å². The number of benzene rings is 1. The van der Waals surface area contributed by atoms with Crippen LogP contribution in [0.2, 0.25) is 0 Å². The standard InChI is InChI=1S/C11H12O3S/c12-10-11(13,8-15-7-6-14-10)9-4-2-1-3-5-9/h1-5,13H,6-8H2. The molecule has 1 aromatic rings. The summed E-state index contributed by atoms with van der Waals surface area (Å²) in [5, 5.41) is 10.3. The van der Waals surface area contributed by atoms with Crippen molar-refractivity contribution in [2.75, 3.05) is 18.1 Å². The first-order chi connectivity index (χ1) is 7.23. The third kappa shape index (κ3) is 2.01. The molecule has 1 aromatic carbocycles. The molecule has 1 aliphatic rings. The van der Waals surface area contributed by atoms with Gasteiger partial charge in [0.15, 0.2) is 5.60 Å². The molecular weight excluding hydrogens is 212 g/mol. The lowest BCUT2D eigenvalue weighted by atomic mass is 9.96. The van der Waals surface area contributed by atoms with Gasteiger partial charge in [-0.25, -0.2) is 4.79 Å². The summed E-state index contributed by atoms with van der Waals surface area (Å²) in [5.41, 5.74) is -0.882. The van der Waals surface area contributed by atoms with E-state index in [1.54, 1.807) is 24.3 Å². The molecule has 3 nitrogen and oxygen atoms in total. The van der Waals surface area contributed by atoms with Gasteiger partial charge in [-0.05, 0) is 5.56 Å². The highest BCUT2D eigenvalue weighted by Crippen LogP contribution is 2.29. The molecule has 1 aliphatic heterocycles. The van der Waals surface area contributed by atoms with Crippen LogP contribution in [0.25, 0.3) is 0 Å². The van der Waals surface area contributed by atoms with Crippen LogP contribution < -0.4 is 0 Å². The van der Waals surface area contributed by atoms with Gasteiger partial charge in [-0.15, -0.1) is 0 Å². The molecule has 0 bridgehead atoms. The number of esters is 1. The molecular formula is C11H12O3S. The van der Waals surface area contributed by atoms with E-state index in [4.69, 9.17) is 4.74 Å². The first-order valence-corrected chi connectivity index (χ1v) is 5.92. The predicted octanol–water partition coefficient (Wildman–Crippen LogP) is 1.16. The Labute approximate surface area is 92.4 Å². The minimum absolute atomic E-state index is 0.357. The summed E-state index contributed by atoms with van der Waals surface area (Å²) in [4.78, 5) is 11.7. The molecule has 1 fully saturated rings.